The number of hydrogen-bond acceptors (Lipinski definition) is 3. The summed E-state index contributed by atoms with van der Waals surface area (Å²) in [7, 11) is 0. The molecule has 0 unspecified atom stereocenters. The molecule has 2 aliphatic rings. The number of carbonyl (C=O) groups is 3. The first-order valence-corrected chi connectivity index (χ1v) is 5.89. The first-order valence-electron chi connectivity index (χ1n) is 5.89. The molecular weight excluding hydrogens is 224 g/mol. The molecule has 1 atom stereocenters. The van der Waals surface area contributed by atoms with E-state index in [1.54, 1.807) is 4.90 Å². The third-order valence-corrected chi connectivity index (χ3v) is 3.49. The van der Waals surface area contributed by atoms with Crippen LogP contribution in [0.3, 0.4) is 0 Å². The number of hydrogen-bond donors (Lipinski definition) is 2. The number of carboxylic acid groups (broad SMARTS) is 1. The Hall–Kier alpha value is -1.59. The highest BCUT2D eigenvalue weighted by Crippen LogP contribution is 2.24. The number of nitrogens with zero attached hydrogens (tertiary/aromatic N) is 1. The largest absolute Gasteiger partial charge is 0.465 e. The number of rotatable bonds is 2. The van der Waals surface area contributed by atoms with Crippen molar-refractivity contribution < 1.29 is 19.5 Å². The van der Waals surface area contributed by atoms with Crippen LogP contribution >= 0.6 is 0 Å². The molecule has 6 heteroatoms. The predicted octanol–water partition coefficient (Wildman–Crippen LogP) is 0.367. The normalized spacial score (nSPS) is 26.4. The van der Waals surface area contributed by atoms with Crippen molar-refractivity contribution in [1.82, 2.24) is 10.2 Å². The maximum atomic E-state index is 11.9. The molecule has 1 saturated heterocycles. The fraction of sp³-hybridized carbons (Fsp3) is 0.727. The lowest BCUT2D eigenvalue weighted by molar-refractivity contribution is -0.133. The summed E-state index contributed by atoms with van der Waals surface area (Å²) in [6, 6.07) is -0.495. The molecule has 2 rings (SSSR count). The Labute approximate surface area is 99.0 Å². The maximum Gasteiger partial charge on any atom is 0.405 e. The summed E-state index contributed by atoms with van der Waals surface area (Å²) >= 11 is 0. The van der Waals surface area contributed by atoms with Gasteiger partial charge in [-0.1, -0.05) is 0 Å². The summed E-state index contributed by atoms with van der Waals surface area (Å²) in [4.78, 5) is 35.3. The van der Waals surface area contributed by atoms with Crippen LogP contribution < -0.4 is 5.32 Å². The Morgan fingerprint density at radius 1 is 1.24 bits per heavy atom. The van der Waals surface area contributed by atoms with Crippen molar-refractivity contribution in [3.8, 4) is 0 Å². The molecule has 94 valence electrons. The van der Waals surface area contributed by atoms with Crippen molar-refractivity contribution in [3.63, 3.8) is 0 Å². The summed E-state index contributed by atoms with van der Waals surface area (Å²) < 4.78 is 0. The maximum absolute atomic E-state index is 11.9. The van der Waals surface area contributed by atoms with Crippen LogP contribution in [0.1, 0.15) is 32.1 Å². The smallest absolute Gasteiger partial charge is 0.405 e. The minimum absolute atomic E-state index is 0.112. The lowest BCUT2D eigenvalue weighted by Crippen LogP contribution is -2.45. The second-order valence-electron chi connectivity index (χ2n) is 4.59. The van der Waals surface area contributed by atoms with Gasteiger partial charge < -0.3 is 15.3 Å². The van der Waals surface area contributed by atoms with Gasteiger partial charge in [0, 0.05) is 25.4 Å². The SMILES string of the molecule is O=C1CCC(N2CC[C@H](NC(=O)O)C2=O)CC1. The summed E-state index contributed by atoms with van der Waals surface area (Å²) in [5, 5.41) is 10.8. The van der Waals surface area contributed by atoms with E-state index >= 15 is 0 Å². The first kappa shape index (κ1) is 11.9. The molecule has 2 amide bonds. The fourth-order valence-electron chi connectivity index (χ4n) is 2.58. The summed E-state index contributed by atoms with van der Waals surface area (Å²) in [6.07, 6.45) is 1.85. The molecule has 0 aromatic heterocycles. The molecule has 0 spiro atoms. The third-order valence-electron chi connectivity index (χ3n) is 3.49. The van der Waals surface area contributed by atoms with Crippen LogP contribution in [0.4, 0.5) is 4.79 Å². The summed E-state index contributed by atoms with van der Waals surface area (Å²) in [5.41, 5.74) is 0. The van der Waals surface area contributed by atoms with E-state index in [0.717, 1.165) is 0 Å². The Kier molecular flexibility index (Phi) is 3.31. The average Bonchev–Trinajstić information content (AvgIpc) is 2.61. The van der Waals surface area contributed by atoms with Crippen molar-refractivity contribution in [2.45, 2.75) is 44.2 Å². The average molecular weight is 240 g/mol. The van der Waals surface area contributed by atoms with Gasteiger partial charge in [-0.05, 0) is 19.3 Å². The van der Waals surface area contributed by atoms with Crippen molar-refractivity contribution in [3.05, 3.63) is 0 Å². The number of ketones is 1. The van der Waals surface area contributed by atoms with Crippen molar-refractivity contribution in [2.75, 3.05) is 6.54 Å². The molecular formula is C11H16N2O4. The second-order valence-corrected chi connectivity index (χ2v) is 4.59. The molecule has 1 saturated carbocycles. The number of likely N-dealkylation sites (tertiary alicyclic amines) is 1. The quantitative estimate of drug-likeness (QED) is 0.730. The van der Waals surface area contributed by atoms with Gasteiger partial charge in [-0.3, -0.25) is 9.59 Å². The van der Waals surface area contributed by atoms with Crippen molar-refractivity contribution >= 4 is 17.8 Å². The van der Waals surface area contributed by atoms with Crippen LogP contribution in [0.5, 0.6) is 0 Å². The van der Waals surface area contributed by atoms with Gasteiger partial charge in [-0.15, -0.1) is 0 Å². The van der Waals surface area contributed by atoms with Gasteiger partial charge in [0.05, 0.1) is 0 Å². The minimum Gasteiger partial charge on any atom is -0.465 e. The Bertz CT molecular complexity index is 345. The zero-order chi connectivity index (χ0) is 12.4. The van der Waals surface area contributed by atoms with Crippen LogP contribution in [-0.2, 0) is 9.59 Å². The van der Waals surface area contributed by atoms with Crippen LogP contribution in [0.25, 0.3) is 0 Å². The lowest BCUT2D eigenvalue weighted by atomic mass is 9.93. The van der Waals surface area contributed by atoms with Crippen molar-refractivity contribution in [2.24, 2.45) is 0 Å². The van der Waals surface area contributed by atoms with Crippen molar-refractivity contribution in [1.29, 1.82) is 0 Å². The third kappa shape index (κ3) is 2.57. The lowest BCUT2D eigenvalue weighted by Gasteiger charge is -2.30. The van der Waals surface area contributed by atoms with Gasteiger partial charge in [-0.2, -0.15) is 0 Å². The molecule has 6 nitrogen and oxygen atoms in total. The highest BCUT2D eigenvalue weighted by atomic mass is 16.4. The Balaban J connectivity index is 1.93. The highest BCUT2D eigenvalue weighted by Gasteiger charge is 2.37. The molecule has 1 aliphatic heterocycles. The van der Waals surface area contributed by atoms with Gasteiger partial charge in [-0.25, -0.2) is 4.79 Å². The molecule has 0 aromatic carbocycles. The molecule has 0 radical (unpaired) electrons. The number of nitrogens with one attached hydrogen (secondary N) is 1. The monoisotopic (exact) mass is 240 g/mol. The summed E-state index contributed by atoms with van der Waals surface area (Å²) in [5.74, 6) is 0.111. The van der Waals surface area contributed by atoms with Gasteiger partial charge in [0.15, 0.2) is 0 Å². The zero-order valence-corrected chi connectivity index (χ0v) is 9.52. The first-order chi connectivity index (χ1) is 8.08. The van der Waals surface area contributed by atoms with Crippen LogP contribution in [0, 0.1) is 0 Å². The molecule has 1 heterocycles. The van der Waals surface area contributed by atoms with E-state index in [2.05, 4.69) is 5.32 Å². The van der Waals surface area contributed by atoms with Gasteiger partial charge in [0.25, 0.3) is 0 Å². The highest BCUT2D eigenvalue weighted by molar-refractivity contribution is 5.87. The van der Waals surface area contributed by atoms with E-state index in [9.17, 15) is 14.4 Å². The standard InChI is InChI=1S/C11H16N2O4/c14-8-3-1-7(2-4-8)13-6-5-9(10(13)15)12-11(16)17/h7,9,12H,1-6H2,(H,16,17)/t9-/m0/s1. The number of Topliss-reactive ketones (excluding diaryl/α,β-unsaturated/α-hetero) is 1. The second kappa shape index (κ2) is 4.73. The predicted molar refractivity (Wildman–Crippen MR) is 58.5 cm³/mol. The fourth-order valence-corrected chi connectivity index (χ4v) is 2.58. The van der Waals surface area contributed by atoms with E-state index in [0.29, 0.717) is 38.6 Å². The Morgan fingerprint density at radius 3 is 2.47 bits per heavy atom. The molecule has 17 heavy (non-hydrogen) atoms. The van der Waals surface area contributed by atoms with Crippen LogP contribution in [0.15, 0.2) is 0 Å². The molecule has 0 aromatic rings. The Morgan fingerprint density at radius 2 is 1.88 bits per heavy atom. The van der Waals surface area contributed by atoms with Gasteiger partial charge in [0.2, 0.25) is 5.91 Å². The minimum atomic E-state index is -1.16. The topological polar surface area (TPSA) is 86.7 Å². The molecule has 2 fully saturated rings. The molecule has 2 N–H and O–H groups in total. The van der Waals surface area contributed by atoms with E-state index in [1.807, 2.05) is 0 Å². The van der Waals surface area contributed by atoms with E-state index in [-0.39, 0.29) is 17.7 Å². The van der Waals surface area contributed by atoms with Crippen LogP contribution in [0.2, 0.25) is 0 Å². The van der Waals surface area contributed by atoms with Crippen LogP contribution in [-0.4, -0.2) is 46.4 Å². The number of carbonyl (C=O) groups excluding carboxylic acids is 2. The van der Waals surface area contributed by atoms with Gasteiger partial charge in [0.1, 0.15) is 11.8 Å². The van der Waals surface area contributed by atoms with E-state index in [1.165, 1.54) is 0 Å². The van der Waals surface area contributed by atoms with E-state index in [4.69, 9.17) is 5.11 Å². The zero-order valence-electron chi connectivity index (χ0n) is 9.52. The summed E-state index contributed by atoms with van der Waals surface area (Å²) in [6.45, 7) is 0.586. The molecule has 1 aliphatic carbocycles. The molecule has 0 bridgehead atoms. The number of amides is 2. The van der Waals surface area contributed by atoms with Gasteiger partial charge >= 0.3 is 6.09 Å². The van der Waals surface area contributed by atoms with E-state index < -0.39 is 12.1 Å².